The summed E-state index contributed by atoms with van der Waals surface area (Å²) in [5, 5.41) is 7.61. The summed E-state index contributed by atoms with van der Waals surface area (Å²) >= 11 is 1.00. The molecule has 55 heavy (non-hydrogen) atoms. The van der Waals surface area contributed by atoms with E-state index >= 15 is 0 Å². The first-order valence-electron chi connectivity index (χ1n) is 18.6. The fourth-order valence-electron chi connectivity index (χ4n) is 7.65. The fraction of sp³-hybridized carbons (Fsp3) is 0.436. The molecule has 0 unspecified atom stereocenters. The van der Waals surface area contributed by atoms with E-state index in [-0.39, 0.29) is 25.3 Å². The molecule has 2 aromatic carbocycles. The highest BCUT2D eigenvalue weighted by atomic mass is 32.2. The molecule has 8 rings (SSSR count). The summed E-state index contributed by atoms with van der Waals surface area (Å²) < 4.78 is 52.5. The maximum absolute atomic E-state index is 14.6. The standard InChI is InChI=1S/C39H41FN6O7S2/c1-38(16-17-38)55(51,52)45-37(50)39-21-23(39)9-5-3-2-4-6-12-30(42-34(48)32-15-18-41-54-32)36(49)46-22-25(20-31(46)33(47)44-39)53-35-27-14-13-24(40)19-28(27)26-10-7-8-11-29(26)43-35/h5,7-11,13-15,18-19,23,25,30-31H,2-4,6,12,16-17,20-22H2,1H3,(H,42,48)(H,44,47)(H,45,50)/b9-5-/t23-,25-,30+,31+,39-/m1/s1. The van der Waals surface area contributed by atoms with Gasteiger partial charge in [-0.3, -0.25) is 23.9 Å². The van der Waals surface area contributed by atoms with E-state index in [1.165, 1.54) is 23.2 Å². The Morgan fingerprint density at radius 3 is 2.65 bits per heavy atom. The maximum atomic E-state index is 14.6. The van der Waals surface area contributed by atoms with Crippen LogP contribution in [0.2, 0.25) is 0 Å². The van der Waals surface area contributed by atoms with Crippen molar-refractivity contribution in [3.63, 3.8) is 0 Å². The second-order valence-corrected chi connectivity index (χ2v) is 18.3. The van der Waals surface area contributed by atoms with Crippen LogP contribution in [0.15, 0.2) is 66.9 Å². The smallest absolute Gasteiger partial charge is 0.263 e. The zero-order valence-corrected chi connectivity index (χ0v) is 31.8. The number of fused-ring (bicyclic) bond motifs is 5. The Kier molecular flexibility index (Phi) is 9.60. The summed E-state index contributed by atoms with van der Waals surface area (Å²) in [5.41, 5.74) is -0.974. The molecule has 1 saturated heterocycles. The van der Waals surface area contributed by atoms with Crippen LogP contribution in [0.4, 0.5) is 4.39 Å². The van der Waals surface area contributed by atoms with Gasteiger partial charge in [0.25, 0.3) is 11.8 Å². The first-order valence-corrected chi connectivity index (χ1v) is 20.9. The number of allylic oxidation sites excluding steroid dienone is 1. The van der Waals surface area contributed by atoms with Gasteiger partial charge in [-0.2, -0.15) is 0 Å². The molecule has 16 heteroatoms. The number of rotatable bonds is 7. The number of amides is 4. The number of benzene rings is 2. The SMILES string of the molecule is CC1(S(=O)(=O)NC(=O)[C@@]23C[C@H]2/C=C\CCCCC[C@H](NC(=O)c2ccns2)C(=O)N2C[C@H](Oc4nc5ccccc5c5cc(F)ccc45)C[C@H]2C(=O)N3)CC1. The van der Waals surface area contributed by atoms with Gasteiger partial charge in [-0.05, 0) is 92.7 Å². The summed E-state index contributed by atoms with van der Waals surface area (Å²) in [6.45, 7) is 1.52. The van der Waals surface area contributed by atoms with Crippen molar-refractivity contribution in [3.05, 3.63) is 77.6 Å². The molecule has 288 valence electrons. The average molecular weight is 789 g/mol. The lowest BCUT2D eigenvalue weighted by molar-refractivity contribution is -0.141. The van der Waals surface area contributed by atoms with Crippen LogP contribution < -0.4 is 20.1 Å². The number of ether oxygens (including phenoxy) is 1. The van der Waals surface area contributed by atoms with Crippen LogP contribution in [0.1, 0.15) is 74.4 Å². The summed E-state index contributed by atoms with van der Waals surface area (Å²) in [6.07, 6.45) is 8.72. The lowest BCUT2D eigenvalue weighted by Crippen LogP contribution is -2.58. The van der Waals surface area contributed by atoms with Gasteiger partial charge in [-0.25, -0.2) is 22.2 Å². The predicted octanol–water partition coefficient (Wildman–Crippen LogP) is 4.52. The number of nitrogens with one attached hydrogen (secondary N) is 3. The van der Waals surface area contributed by atoms with Crippen molar-refractivity contribution in [3.8, 4) is 5.88 Å². The van der Waals surface area contributed by atoms with Crippen LogP contribution in [0.5, 0.6) is 5.88 Å². The molecule has 3 N–H and O–H groups in total. The summed E-state index contributed by atoms with van der Waals surface area (Å²) in [7, 11) is -4.01. The molecule has 0 bridgehead atoms. The number of carbonyl (C=O) groups excluding carboxylic acids is 4. The number of aromatic nitrogens is 2. The fourth-order valence-corrected chi connectivity index (χ4v) is 9.46. The van der Waals surface area contributed by atoms with Gasteiger partial charge in [0.1, 0.15) is 34.4 Å². The molecule has 2 aliphatic heterocycles. The second-order valence-electron chi connectivity index (χ2n) is 15.2. The van der Waals surface area contributed by atoms with Crippen LogP contribution in [0, 0.1) is 11.7 Å². The van der Waals surface area contributed by atoms with Crippen molar-refractivity contribution in [2.45, 2.75) is 93.2 Å². The quantitative estimate of drug-likeness (QED) is 0.180. The minimum absolute atomic E-state index is 0.00114. The Balaban J connectivity index is 1.13. The van der Waals surface area contributed by atoms with Gasteiger partial charge >= 0.3 is 0 Å². The molecule has 0 spiro atoms. The molecule has 4 amide bonds. The summed E-state index contributed by atoms with van der Waals surface area (Å²) in [6, 6.07) is 11.0. The number of hydrogen-bond donors (Lipinski definition) is 3. The molecule has 2 saturated carbocycles. The van der Waals surface area contributed by atoms with Crippen LogP contribution in [-0.2, 0) is 24.4 Å². The number of pyridine rings is 1. The van der Waals surface area contributed by atoms with Gasteiger partial charge < -0.3 is 20.3 Å². The molecule has 4 aliphatic rings. The van der Waals surface area contributed by atoms with Gasteiger partial charge in [0.2, 0.25) is 27.7 Å². The van der Waals surface area contributed by atoms with Gasteiger partial charge in [0.05, 0.1) is 16.8 Å². The van der Waals surface area contributed by atoms with E-state index in [2.05, 4.69) is 19.7 Å². The molecule has 3 fully saturated rings. The van der Waals surface area contributed by atoms with E-state index in [0.717, 1.165) is 29.8 Å². The third-order valence-corrected chi connectivity index (χ3v) is 14.3. The first-order chi connectivity index (χ1) is 26.4. The Morgan fingerprint density at radius 1 is 1.05 bits per heavy atom. The molecule has 2 aliphatic carbocycles. The summed E-state index contributed by atoms with van der Waals surface area (Å²) in [4.78, 5) is 62.6. The van der Waals surface area contributed by atoms with Crippen molar-refractivity contribution in [2.75, 3.05) is 6.54 Å². The van der Waals surface area contributed by atoms with Crippen molar-refractivity contribution >= 4 is 66.9 Å². The zero-order valence-electron chi connectivity index (χ0n) is 30.1. The third kappa shape index (κ3) is 7.17. The third-order valence-electron chi connectivity index (χ3n) is 11.3. The lowest BCUT2D eigenvalue weighted by atomic mass is 10.0. The number of sulfonamides is 1. The summed E-state index contributed by atoms with van der Waals surface area (Å²) in [5.74, 6) is -3.11. The zero-order chi connectivity index (χ0) is 38.5. The van der Waals surface area contributed by atoms with Crippen molar-refractivity contribution in [2.24, 2.45) is 5.92 Å². The van der Waals surface area contributed by atoms with Gasteiger partial charge in [0.15, 0.2) is 0 Å². The highest BCUT2D eigenvalue weighted by molar-refractivity contribution is 7.91. The highest BCUT2D eigenvalue weighted by Gasteiger charge is 2.63. The number of halogens is 1. The normalized spacial score (nSPS) is 27.2. The van der Waals surface area contributed by atoms with Crippen LogP contribution in [-0.4, -0.2) is 81.3 Å². The number of carbonyl (C=O) groups is 4. The second kappa shape index (κ2) is 14.3. The Hall–Kier alpha value is -4.96. The van der Waals surface area contributed by atoms with E-state index in [1.54, 1.807) is 25.1 Å². The number of hydrogen-bond acceptors (Lipinski definition) is 10. The number of nitrogens with zero attached hydrogens (tertiary/aromatic N) is 3. The van der Waals surface area contributed by atoms with E-state index in [9.17, 15) is 32.0 Å². The minimum atomic E-state index is -4.01. The molecular weight excluding hydrogens is 748 g/mol. The van der Waals surface area contributed by atoms with Crippen LogP contribution >= 0.6 is 11.5 Å². The topological polar surface area (TPSA) is 177 Å². The van der Waals surface area contributed by atoms with Gasteiger partial charge in [0, 0.05) is 29.3 Å². The van der Waals surface area contributed by atoms with Crippen molar-refractivity contribution in [1.82, 2.24) is 29.6 Å². The average Bonchev–Trinajstić information content (AvgIpc) is 3.91. The Morgan fingerprint density at radius 2 is 1.87 bits per heavy atom. The van der Waals surface area contributed by atoms with Crippen LogP contribution in [0.25, 0.3) is 21.7 Å². The van der Waals surface area contributed by atoms with Gasteiger partial charge in [-0.1, -0.05) is 43.2 Å². The van der Waals surface area contributed by atoms with E-state index in [1.807, 2.05) is 30.4 Å². The molecule has 5 atom stereocenters. The largest absolute Gasteiger partial charge is 0.472 e. The van der Waals surface area contributed by atoms with Crippen molar-refractivity contribution in [1.29, 1.82) is 0 Å². The maximum Gasteiger partial charge on any atom is 0.263 e. The highest BCUT2D eigenvalue weighted by Crippen LogP contribution is 2.47. The van der Waals surface area contributed by atoms with Crippen LogP contribution in [0.3, 0.4) is 0 Å². The van der Waals surface area contributed by atoms with E-state index in [0.29, 0.717) is 53.3 Å². The molecule has 13 nitrogen and oxygen atoms in total. The number of para-hydroxylation sites is 1. The molecule has 4 heterocycles. The molecule has 4 aromatic rings. The monoisotopic (exact) mass is 788 g/mol. The first kappa shape index (κ1) is 37.0. The predicted molar refractivity (Wildman–Crippen MR) is 203 cm³/mol. The Labute approximate surface area is 321 Å². The Bertz CT molecular complexity index is 2330. The van der Waals surface area contributed by atoms with Gasteiger partial charge in [-0.15, -0.1) is 0 Å². The van der Waals surface area contributed by atoms with E-state index < -0.39 is 73.9 Å². The van der Waals surface area contributed by atoms with E-state index in [4.69, 9.17) is 9.72 Å². The minimum Gasteiger partial charge on any atom is -0.472 e. The molecule has 0 radical (unpaired) electrons. The molecular formula is C39H41FN6O7S2. The molecule has 2 aromatic heterocycles. The lowest BCUT2D eigenvalue weighted by Gasteiger charge is -2.30. The van der Waals surface area contributed by atoms with Crippen molar-refractivity contribution < 1.29 is 36.7 Å².